The van der Waals surface area contributed by atoms with Crippen LogP contribution in [-0.2, 0) is 10.2 Å². The maximum atomic E-state index is 11.9. The van der Waals surface area contributed by atoms with Crippen LogP contribution in [0.3, 0.4) is 0 Å². The largest absolute Gasteiger partial charge is 0.507 e. The van der Waals surface area contributed by atoms with Gasteiger partial charge in [-0.15, -0.1) is 5.10 Å². The molecule has 6 nitrogen and oxygen atoms in total. The number of aromatic nitrogens is 3. The molecule has 0 saturated heterocycles. The van der Waals surface area contributed by atoms with Crippen LogP contribution in [0.15, 0.2) is 18.2 Å². The normalized spacial score (nSPS) is 11.4. The summed E-state index contributed by atoms with van der Waals surface area (Å²) in [6.07, 6.45) is 0. The van der Waals surface area contributed by atoms with Gasteiger partial charge in [0.2, 0.25) is 0 Å². The summed E-state index contributed by atoms with van der Waals surface area (Å²) in [5, 5.41) is 20.3. The molecule has 0 unspecified atom stereocenters. The average Bonchev–Trinajstić information content (AvgIpc) is 2.87. The number of nitrogens with zero attached hydrogens (tertiary/aromatic N) is 2. The Bertz CT molecular complexity index is 656. The molecule has 0 fully saturated rings. The number of ether oxygens (including phenoxy) is 1. The SMILES string of the molecule is CCOC(=O)c1n[nH]nc1-c1cc(C(C)(C)C)ccc1O. The number of esters is 1. The highest BCUT2D eigenvalue weighted by Gasteiger charge is 2.23. The smallest absolute Gasteiger partial charge is 0.361 e. The van der Waals surface area contributed by atoms with E-state index in [1.807, 2.05) is 12.1 Å². The third-order valence-electron chi connectivity index (χ3n) is 3.13. The lowest BCUT2D eigenvalue weighted by molar-refractivity contribution is 0.0520. The first kappa shape index (κ1) is 15.0. The number of H-pyrrole nitrogens is 1. The monoisotopic (exact) mass is 289 g/mol. The highest BCUT2D eigenvalue weighted by molar-refractivity contribution is 5.94. The number of hydrogen-bond donors (Lipinski definition) is 2. The van der Waals surface area contributed by atoms with E-state index in [9.17, 15) is 9.90 Å². The van der Waals surface area contributed by atoms with Crippen molar-refractivity contribution in [2.24, 2.45) is 0 Å². The minimum Gasteiger partial charge on any atom is -0.507 e. The second-order valence-electron chi connectivity index (χ2n) is 5.72. The molecule has 0 saturated carbocycles. The Balaban J connectivity index is 2.52. The lowest BCUT2D eigenvalue weighted by Gasteiger charge is -2.20. The zero-order valence-corrected chi connectivity index (χ0v) is 12.6. The van der Waals surface area contributed by atoms with Crippen molar-refractivity contribution >= 4 is 5.97 Å². The molecule has 6 heteroatoms. The molecular formula is C15H19N3O3. The van der Waals surface area contributed by atoms with Gasteiger partial charge < -0.3 is 9.84 Å². The molecular weight excluding hydrogens is 270 g/mol. The zero-order chi connectivity index (χ0) is 15.6. The predicted octanol–water partition coefficient (Wildman–Crippen LogP) is 2.65. The van der Waals surface area contributed by atoms with Crippen LogP contribution < -0.4 is 0 Å². The summed E-state index contributed by atoms with van der Waals surface area (Å²) in [7, 11) is 0. The van der Waals surface area contributed by atoms with Crippen molar-refractivity contribution in [1.82, 2.24) is 15.4 Å². The van der Waals surface area contributed by atoms with Crippen LogP contribution in [0, 0.1) is 0 Å². The second kappa shape index (κ2) is 5.55. The highest BCUT2D eigenvalue weighted by atomic mass is 16.5. The van der Waals surface area contributed by atoms with Gasteiger partial charge >= 0.3 is 5.97 Å². The van der Waals surface area contributed by atoms with Gasteiger partial charge in [-0.2, -0.15) is 10.3 Å². The van der Waals surface area contributed by atoms with Gasteiger partial charge in [0.25, 0.3) is 0 Å². The van der Waals surface area contributed by atoms with Gasteiger partial charge in [-0.1, -0.05) is 26.8 Å². The fourth-order valence-corrected chi connectivity index (χ4v) is 1.95. The fourth-order valence-electron chi connectivity index (χ4n) is 1.95. The maximum Gasteiger partial charge on any atom is 0.361 e. The third kappa shape index (κ3) is 3.04. The van der Waals surface area contributed by atoms with Crippen molar-refractivity contribution in [3.63, 3.8) is 0 Å². The topological polar surface area (TPSA) is 88.1 Å². The van der Waals surface area contributed by atoms with E-state index < -0.39 is 5.97 Å². The van der Waals surface area contributed by atoms with E-state index >= 15 is 0 Å². The molecule has 0 spiro atoms. The highest BCUT2D eigenvalue weighted by Crippen LogP contribution is 2.34. The van der Waals surface area contributed by atoms with Crippen LogP contribution in [0.4, 0.5) is 0 Å². The Morgan fingerprint density at radius 1 is 1.33 bits per heavy atom. The van der Waals surface area contributed by atoms with Gasteiger partial charge in [-0.25, -0.2) is 4.79 Å². The summed E-state index contributed by atoms with van der Waals surface area (Å²) in [4.78, 5) is 11.9. The zero-order valence-electron chi connectivity index (χ0n) is 12.6. The number of benzene rings is 1. The predicted molar refractivity (Wildman–Crippen MR) is 78.1 cm³/mol. The van der Waals surface area contributed by atoms with Crippen molar-refractivity contribution in [2.75, 3.05) is 6.61 Å². The standard InChI is InChI=1S/C15H19N3O3/c1-5-21-14(20)13-12(16-18-17-13)10-8-9(15(2,3)4)6-7-11(10)19/h6-8,19H,5H2,1-4H3,(H,16,17,18). The Labute approximate surface area is 123 Å². The van der Waals surface area contributed by atoms with E-state index in [0.29, 0.717) is 5.56 Å². The van der Waals surface area contributed by atoms with Crippen molar-refractivity contribution in [1.29, 1.82) is 0 Å². The molecule has 0 amide bonds. The number of nitrogens with one attached hydrogen (secondary N) is 1. The van der Waals surface area contributed by atoms with E-state index in [0.717, 1.165) is 5.56 Å². The van der Waals surface area contributed by atoms with E-state index in [2.05, 4.69) is 36.2 Å². The first-order valence-corrected chi connectivity index (χ1v) is 6.76. The van der Waals surface area contributed by atoms with Gasteiger partial charge in [0.1, 0.15) is 11.4 Å². The van der Waals surface area contributed by atoms with E-state index in [-0.39, 0.29) is 29.2 Å². The van der Waals surface area contributed by atoms with Gasteiger partial charge in [0.15, 0.2) is 5.69 Å². The van der Waals surface area contributed by atoms with E-state index in [1.54, 1.807) is 13.0 Å². The maximum absolute atomic E-state index is 11.9. The van der Waals surface area contributed by atoms with Crippen LogP contribution in [0.2, 0.25) is 0 Å². The number of carbonyl (C=O) groups is 1. The van der Waals surface area contributed by atoms with Crippen LogP contribution in [0.5, 0.6) is 5.75 Å². The van der Waals surface area contributed by atoms with E-state index in [1.165, 1.54) is 0 Å². The minimum atomic E-state index is -0.568. The molecule has 2 aromatic rings. The first-order valence-electron chi connectivity index (χ1n) is 6.76. The lowest BCUT2D eigenvalue weighted by atomic mass is 9.85. The first-order chi connectivity index (χ1) is 9.84. The van der Waals surface area contributed by atoms with Crippen molar-refractivity contribution in [3.8, 4) is 17.0 Å². The summed E-state index contributed by atoms with van der Waals surface area (Å²) >= 11 is 0. The molecule has 0 aliphatic rings. The molecule has 0 atom stereocenters. The molecule has 2 N–H and O–H groups in total. The van der Waals surface area contributed by atoms with Crippen LogP contribution in [-0.4, -0.2) is 33.1 Å². The van der Waals surface area contributed by atoms with Crippen LogP contribution in [0.25, 0.3) is 11.3 Å². The number of phenolic OH excluding ortho intramolecular Hbond substituents is 1. The van der Waals surface area contributed by atoms with Gasteiger partial charge in [-0.05, 0) is 30.0 Å². The molecule has 1 heterocycles. The number of phenols is 1. The Morgan fingerprint density at radius 2 is 2.05 bits per heavy atom. The molecule has 112 valence electrons. The van der Waals surface area contributed by atoms with Gasteiger partial charge in [0, 0.05) is 5.56 Å². The molecule has 21 heavy (non-hydrogen) atoms. The molecule has 1 aromatic carbocycles. The number of rotatable bonds is 3. The summed E-state index contributed by atoms with van der Waals surface area (Å²) in [6, 6.07) is 5.26. The van der Waals surface area contributed by atoms with Crippen molar-refractivity contribution in [3.05, 3.63) is 29.5 Å². The Morgan fingerprint density at radius 3 is 2.67 bits per heavy atom. The number of aromatic hydroxyl groups is 1. The van der Waals surface area contributed by atoms with Crippen molar-refractivity contribution in [2.45, 2.75) is 33.1 Å². The average molecular weight is 289 g/mol. The lowest BCUT2D eigenvalue weighted by Crippen LogP contribution is -2.11. The second-order valence-corrected chi connectivity index (χ2v) is 5.72. The number of hydrogen-bond acceptors (Lipinski definition) is 5. The molecule has 1 aromatic heterocycles. The summed E-state index contributed by atoms with van der Waals surface area (Å²) in [5.74, 6) is -0.524. The number of carbonyl (C=O) groups excluding carboxylic acids is 1. The van der Waals surface area contributed by atoms with Gasteiger partial charge in [0.05, 0.1) is 6.61 Å². The Kier molecular flexibility index (Phi) is 3.97. The van der Waals surface area contributed by atoms with Crippen molar-refractivity contribution < 1.29 is 14.6 Å². The van der Waals surface area contributed by atoms with Gasteiger partial charge in [-0.3, -0.25) is 0 Å². The number of aromatic amines is 1. The fraction of sp³-hybridized carbons (Fsp3) is 0.400. The molecule has 0 bridgehead atoms. The Hall–Kier alpha value is -2.37. The van der Waals surface area contributed by atoms with Crippen LogP contribution in [0.1, 0.15) is 43.7 Å². The molecule has 0 aliphatic carbocycles. The van der Waals surface area contributed by atoms with Crippen LogP contribution >= 0.6 is 0 Å². The quantitative estimate of drug-likeness (QED) is 0.848. The summed E-state index contributed by atoms with van der Waals surface area (Å²) < 4.78 is 4.94. The van der Waals surface area contributed by atoms with E-state index in [4.69, 9.17) is 4.74 Å². The molecule has 0 aliphatic heterocycles. The minimum absolute atomic E-state index is 0.0439. The molecule has 0 radical (unpaired) electrons. The molecule has 2 rings (SSSR count). The third-order valence-corrected chi connectivity index (χ3v) is 3.13. The summed E-state index contributed by atoms with van der Waals surface area (Å²) in [5.41, 5.74) is 1.75. The summed E-state index contributed by atoms with van der Waals surface area (Å²) in [6.45, 7) is 8.17.